The predicted octanol–water partition coefficient (Wildman–Crippen LogP) is 0.498. The summed E-state index contributed by atoms with van der Waals surface area (Å²) in [7, 11) is 0. The summed E-state index contributed by atoms with van der Waals surface area (Å²) < 4.78 is 0. The molecule has 2 saturated heterocycles. The average Bonchev–Trinajstić information content (AvgIpc) is 3.42. The molecule has 81 heavy (non-hydrogen) atoms. The number of nitrogens with zero attached hydrogens (tertiary/aromatic N) is 7. The van der Waals surface area contributed by atoms with Gasteiger partial charge in [-0.2, -0.15) is 5.48 Å². The first-order valence-electron chi connectivity index (χ1n) is 26.6. The van der Waals surface area contributed by atoms with E-state index in [-0.39, 0.29) is 141 Å². The van der Waals surface area contributed by atoms with Gasteiger partial charge in [0.15, 0.2) is 12.1 Å². The van der Waals surface area contributed by atoms with Crippen molar-refractivity contribution in [3.63, 3.8) is 0 Å². The molecule has 0 aromatic heterocycles. The number of carbonyl (C=O) groups is 11. The Hall–Kier alpha value is -8.06. The summed E-state index contributed by atoms with van der Waals surface area (Å²) in [6, 6.07) is -1.76. The van der Waals surface area contributed by atoms with Crippen molar-refractivity contribution in [1.29, 1.82) is 0 Å². The van der Waals surface area contributed by atoms with E-state index in [0.29, 0.717) is 31.4 Å². The van der Waals surface area contributed by atoms with Crippen LogP contribution in [0.25, 0.3) is 10.4 Å². The summed E-state index contributed by atoms with van der Waals surface area (Å²) in [5.41, 5.74) is 12.9. The van der Waals surface area contributed by atoms with Crippen LogP contribution in [0.15, 0.2) is 29.4 Å². The third kappa shape index (κ3) is 26.6. The van der Waals surface area contributed by atoms with Crippen molar-refractivity contribution in [2.24, 2.45) is 5.11 Å². The zero-order valence-corrected chi connectivity index (χ0v) is 45.2. The number of carboxylic acid groups (broad SMARTS) is 4. The van der Waals surface area contributed by atoms with Crippen LogP contribution >= 0.6 is 0 Å². The van der Waals surface area contributed by atoms with Crippen molar-refractivity contribution >= 4 is 71.3 Å². The molecule has 0 aliphatic carbocycles. The standard InChI is InChI=1S/C49H76N14O18/c1-31(64)35(14-18-41(67)68)53-46(77)54-36(43(71)72)6-2-4-20-51-48(79)62-26-22-60(23-27-62)39(65)16-12-34(58-81-30-32-8-10-33(11-9-32)57-59-50)13-17-40(66)61-24-28-63(29-25-61)49(80)52-21-5-3-7-37(44(73)74)55-47(78)56-38(45(75)76)15-19-42(69)70/h8-11,34-38,41,58,67-68H,2-7,12-30H2,1H3,(H,51,79)(H,52,80)(H,69,70)(H,71,72)(H,73,74)(H,75,76)(H2,53,54,77)(H2,55,56,78)/t34?,35-,36+,37-,38+/m0/s1. The van der Waals surface area contributed by atoms with Gasteiger partial charge in [-0.1, -0.05) is 29.4 Å². The highest BCUT2D eigenvalue weighted by Crippen LogP contribution is 2.16. The maximum absolute atomic E-state index is 13.5. The van der Waals surface area contributed by atoms with Crippen molar-refractivity contribution in [2.75, 3.05) is 65.4 Å². The number of aliphatic hydroxyl groups is 2. The fraction of sp³-hybridized carbons (Fsp3) is 0.653. The number of aliphatic hydroxyl groups excluding tert-OH is 1. The molecular formula is C49H76N14O18. The van der Waals surface area contributed by atoms with Gasteiger partial charge < -0.3 is 82.1 Å². The van der Waals surface area contributed by atoms with Gasteiger partial charge in [0, 0.05) is 108 Å². The van der Waals surface area contributed by atoms with E-state index in [9.17, 15) is 68.1 Å². The van der Waals surface area contributed by atoms with Crippen LogP contribution in [0.3, 0.4) is 0 Å². The summed E-state index contributed by atoms with van der Waals surface area (Å²) in [5.74, 6) is -6.21. The number of nitrogens with one attached hydrogen (secondary N) is 7. The van der Waals surface area contributed by atoms with Crippen molar-refractivity contribution in [3.8, 4) is 0 Å². The van der Waals surface area contributed by atoms with Gasteiger partial charge in [-0.25, -0.2) is 33.6 Å². The van der Waals surface area contributed by atoms with Gasteiger partial charge in [-0.15, -0.1) is 0 Å². The van der Waals surface area contributed by atoms with Crippen molar-refractivity contribution in [1.82, 2.24) is 57.0 Å². The maximum atomic E-state index is 13.5. The number of carbonyl (C=O) groups excluding carboxylic acids is 7. The molecular weight excluding hydrogens is 1070 g/mol. The van der Waals surface area contributed by atoms with Crippen LogP contribution in [0.1, 0.15) is 102 Å². The lowest BCUT2D eigenvalue weighted by molar-refractivity contribution is -0.141. The topological polar surface area (TPSA) is 464 Å². The smallest absolute Gasteiger partial charge is 0.326 e. The highest BCUT2D eigenvalue weighted by molar-refractivity contribution is 5.89. The van der Waals surface area contributed by atoms with E-state index in [0.717, 1.165) is 5.56 Å². The van der Waals surface area contributed by atoms with Gasteiger partial charge in [-0.3, -0.25) is 24.0 Å². The number of amides is 10. The summed E-state index contributed by atoms with van der Waals surface area (Å²) in [6.07, 6.45) is -0.822. The number of Topliss-reactive ketones (excluding diaryl/α,β-unsaturated/α-hetero) is 1. The molecule has 450 valence electrons. The Kier molecular flexibility index (Phi) is 30.1. The number of hydroxylamine groups is 1. The van der Waals surface area contributed by atoms with Crippen LogP contribution in [0.5, 0.6) is 0 Å². The zero-order valence-electron chi connectivity index (χ0n) is 45.2. The van der Waals surface area contributed by atoms with Crippen molar-refractivity contribution in [3.05, 3.63) is 40.3 Å². The molecule has 0 radical (unpaired) electrons. The molecule has 0 saturated carbocycles. The maximum Gasteiger partial charge on any atom is 0.326 e. The lowest BCUT2D eigenvalue weighted by atomic mass is 10.0. The summed E-state index contributed by atoms with van der Waals surface area (Å²) in [5, 5.41) is 73.4. The molecule has 0 spiro atoms. The number of rotatable bonds is 35. The van der Waals surface area contributed by atoms with E-state index in [1.165, 1.54) is 11.8 Å². The van der Waals surface area contributed by atoms with Crippen LogP contribution in [-0.4, -0.2) is 218 Å². The van der Waals surface area contributed by atoms with Gasteiger partial charge >= 0.3 is 48.0 Å². The molecule has 5 atom stereocenters. The van der Waals surface area contributed by atoms with E-state index >= 15 is 0 Å². The number of ketones is 1. The second-order valence-corrected chi connectivity index (χ2v) is 19.3. The molecule has 2 aliphatic rings. The van der Waals surface area contributed by atoms with Gasteiger partial charge in [0.05, 0.1) is 12.6 Å². The number of azide groups is 1. The quantitative estimate of drug-likeness (QED) is 0.0110. The van der Waals surface area contributed by atoms with E-state index in [1.54, 1.807) is 39.0 Å². The number of carboxylic acids is 4. The van der Waals surface area contributed by atoms with E-state index in [2.05, 4.69) is 47.4 Å². The van der Waals surface area contributed by atoms with Gasteiger partial charge in [0.2, 0.25) is 11.8 Å². The summed E-state index contributed by atoms with van der Waals surface area (Å²) >= 11 is 0. The Morgan fingerprint density at radius 1 is 0.556 bits per heavy atom. The normalized spacial score (nSPS) is 15.2. The highest BCUT2D eigenvalue weighted by Gasteiger charge is 2.29. The van der Waals surface area contributed by atoms with E-state index in [4.69, 9.17) is 25.7 Å². The average molecular weight is 1150 g/mol. The lowest BCUT2D eigenvalue weighted by Gasteiger charge is -2.35. The van der Waals surface area contributed by atoms with E-state index in [1.807, 2.05) is 0 Å². The minimum absolute atomic E-state index is 0.0246. The van der Waals surface area contributed by atoms with Gasteiger partial charge in [0.1, 0.15) is 18.1 Å². The Labute approximate surface area is 466 Å². The van der Waals surface area contributed by atoms with Gasteiger partial charge in [0.25, 0.3) is 0 Å². The Balaban J connectivity index is 1.42. The largest absolute Gasteiger partial charge is 0.481 e. The number of hydrogen-bond donors (Lipinski definition) is 13. The van der Waals surface area contributed by atoms with Crippen LogP contribution in [0.2, 0.25) is 0 Å². The molecule has 13 N–H and O–H groups in total. The summed E-state index contributed by atoms with van der Waals surface area (Å²) in [6.45, 7) is 3.70. The molecule has 1 aromatic rings. The first kappa shape index (κ1) is 67.2. The number of benzene rings is 1. The number of hydrogen-bond acceptors (Lipinski definition) is 16. The number of piperazine rings is 2. The fourth-order valence-corrected chi connectivity index (χ4v) is 8.46. The highest BCUT2D eigenvalue weighted by atomic mass is 16.6. The minimum Gasteiger partial charge on any atom is -0.481 e. The molecule has 1 unspecified atom stereocenters. The van der Waals surface area contributed by atoms with Crippen LogP contribution in [0.4, 0.5) is 24.9 Å². The van der Waals surface area contributed by atoms with E-state index < -0.39 is 97.1 Å². The molecule has 32 nitrogen and oxygen atoms in total. The van der Waals surface area contributed by atoms with Crippen molar-refractivity contribution < 1.29 is 88.2 Å². The second kappa shape index (κ2) is 36.2. The van der Waals surface area contributed by atoms with Crippen molar-refractivity contribution in [2.45, 2.75) is 140 Å². The monoisotopic (exact) mass is 1150 g/mol. The van der Waals surface area contributed by atoms with Crippen LogP contribution < -0.4 is 37.4 Å². The first-order valence-corrected chi connectivity index (χ1v) is 26.6. The molecule has 2 fully saturated rings. The third-order valence-corrected chi connectivity index (χ3v) is 13.2. The SMILES string of the molecule is CC(=O)[C@H](CCC(O)O)NC(=O)N[C@H](CCCCNC(=O)N1CCN(C(=O)CCC(CCC(=O)N2CCN(C(=O)NCCCC[C@H](NC(=O)N[C@H](CCC(=O)O)C(=O)O)C(=O)O)CC2)NOCc2ccc(N=[N+]=[N-])cc2)CC1)C(=O)O. The molecule has 32 heteroatoms. The zero-order chi connectivity index (χ0) is 59.9. The summed E-state index contributed by atoms with van der Waals surface area (Å²) in [4.78, 5) is 150. The Morgan fingerprint density at radius 2 is 0.975 bits per heavy atom. The third-order valence-electron chi connectivity index (χ3n) is 13.2. The fourth-order valence-electron chi connectivity index (χ4n) is 8.46. The molecule has 2 aliphatic heterocycles. The predicted molar refractivity (Wildman–Crippen MR) is 283 cm³/mol. The molecule has 2 heterocycles. The van der Waals surface area contributed by atoms with Crippen LogP contribution in [-0.2, 0) is 45.0 Å². The minimum atomic E-state index is -1.68. The second-order valence-electron chi connectivity index (χ2n) is 19.3. The van der Waals surface area contributed by atoms with Crippen LogP contribution in [0, 0.1) is 0 Å². The number of aliphatic carboxylic acids is 4. The number of unbranched alkanes of at least 4 members (excludes halogenated alkanes) is 2. The Bertz CT molecular complexity index is 2330. The first-order chi connectivity index (χ1) is 38.6. The Morgan fingerprint density at radius 3 is 1.37 bits per heavy atom. The van der Waals surface area contributed by atoms with Gasteiger partial charge in [-0.05, 0) is 82.2 Å². The molecule has 3 rings (SSSR count). The molecule has 0 bridgehead atoms. The molecule has 10 amide bonds. The lowest BCUT2D eigenvalue weighted by Crippen LogP contribution is -2.53. The number of urea groups is 4. The molecule has 1 aromatic carbocycles.